The van der Waals surface area contributed by atoms with Gasteiger partial charge in [0.25, 0.3) is 0 Å². The summed E-state index contributed by atoms with van der Waals surface area (Å²) in [5.41, 5.74) is 0. The molecule has 2 rings (SSSR count). The molecular formula is C19H30. The van der Waals surface area contributed by atoms with Crippen molar-refractivity contribution in [3.63, 3.8) is 0 Å². The SMILES string of the molecule is C#C[C@H]1CC[C@H]([C@H]2CC[C@H](CC/C=C/C)CC2)CC1. The van der Waals surface area contributed by atoms with Gasteiger partial charge in [0, 0.05) is 5.92 Å². The van der Waals surface area contributed by atoms with Gasteiger partial charge in [-0.25, -0.2) is 0 Å². The second-order valence-electron chi connectivity index (χ2n) is 6.71. The van der Waals surface area contributed by atoms with Crippen LogP contribution >= 0.6 is 0 Å². The second kappa shape index (κ2) is 7.78. The van der Waals surface area contributed by atoms with Gasteiger partial charge < -0.3 is 0 Å². The molecule has 0 aromatic rings. The van der Waals surface area contributed by atoms with Crippen molar-refractivity contribution in [3.05, 3.63) is 12.2 Å². The maximum absolute atomic E-state index is 5.55. The van der Waals surface area contributed by atoms with Gasteiger partial charge in [-0.2, -0.15) is 0 Å². The highest BCUT2D eigenvalue weighted by Gasteiger charge is 2.30. The molecule has 106 valence electrons. The molecular weight excluding hydrogens is 228 g/mol. The third kappa shape index (κ3) is 4.41. The van der Waals surface area contributed by atoms with E-state index in [0.29, 0.717) is 5.92 Å². The lowest BCUT2D eigenvalue weighted by Crippen LogP contribution is -2.25. The fourth-order valence-corrected chi connectivity index (χ4v) is 4.20. The average molecular weight is 258 g/mol. The first-order valence-electron chi connectivity index (χ1n) is 8.40. The van der Waals surface area contributed by atoms with Gasteiger partial charge in [-0.15, -0.1) is 12.3 Å². The van der Waals surface area contributed by atoms with E-state index in [4.69, 9.17) is 6.42 Å². The number of allylic oxidation sites excluding steroid dienone is 2. The minimum atomic E-state index is 0.591. The highest BCUT2D eigenvalue weighted by molar-refractivity contribution is 4.96. The van der Waals surface area contributed by atoms with Gasteiger partial charge in [-0.05, 0) is 76.0 Å². The van der Waals surface area contributed by atoms with Crippen LogP contribution in [0.3, 0.4) is 0 Å². The lowest BCUT2D eigenvalue weighted by atomic mass is 9.69. The summed E-state index contributed by atoms with van der Waals surface area (Å²) in [5, 5.41) is 0. The molecule has 0 atom stereocenters. The van der Waals surface area contributed by atoms with Crippen molar-refractivity contribution in [1.82, 2.24) is 0 Å². The molecule has 0 aromatic carbocycles. The highest BCUT2D eigenvalue weighted by atomic mass is 14.3. The van der Waals surface area contributed by atoms with Crippen LogP contribution in [-0.4, -0.2) is 0 Å². The summed E-state index contributed by atoms with van der Waals surface area (Å²) in [5.74, 6) is 6.58. The van der Waals surface area contributed by atoms with Crippen LogP contribution in [0.25, 0.3) is 0 Å². The largest absolute Gasteiger partial charge is 0.120 e. The first kappa shape index (κ1) is 14.7. The number of hydrogen-bond donors (Lipinski definition) is 0. The molecule has 0 heterocycles. The van der Waals surface area contributed by atoms with Crippen molar-refractivity contribution in [2.24, 2.45) is 23.7 Å². The molecule has 0 heteroatoms. The smallest absolute Gasteiger partial charge is 0.0200 e. The van der Waals surface area contributed by atoms with E-state index in [1.807, 2.05) is 0 Å². The van der Waals surface area contributed by atoms with E-state index in [9.17, 15) is 0 Å². The lowest BCUT2D eigenvalue weighted by molar-refractivity contribution is 0.154. The summed E-state index contributed by atoms with van der Waals surface area (Å²) in [6, 6.07) is 0. The maximum Gasteiger partial charge on any atom is 0.0200 e. The van der Waals surface area contributed by atoms with Gasteiger partial charge in [-0.3, -0.25) is 0 Å². The molecule has 0 unspecified atom stereocenters. The van der Waals surface area contributed by atoms with E-state index >= 15 is 0 Å². The molecule has 2 fully saturated rings. The van der Waals surface area contributed by atoms with E-state index in [1.54, 1.807) is 0 Å². The van der Waals surface area contributed by atoms with E-state index in [2.05, 4.69) is 25.0 Å². The van der Waals surface area contributed by atoms with Crippen LogP contribution in [0.15, 0.2) is 12.2 Å². The van der Waals surface area contributed by atoms with Crippen molar-refractivity contribution < 1.29 is 0 Å². The van der Waals surface area contributed by atoms with Crippen LogP contribution in [0.5, 0.6) is 0 Å². The molecule has 19 heavy (non-hydrogen) atoms. The Morgan fingerprint density at radius 3 is 2.05 bits per heavy atom. The summed E-state index contributed by atoms with van der Waals surface area (Å²) in [6.07, 6.45) is 24.1. The molecule has 2 saturated carbocycles. The molecule has 0 radical (unpaired) electrons. The summed E-state index contributed by atoms with van der Waals surface area (Å²) in [6.45, 7) is 2.13. The molecule has 2 aliphatic rings. The first-order chi connectivity index (χ1) is 9.33. The Hall–Kier alpha value is -0.700. The first-order valence-corrected chi connectivity index (χ1v) is 8.40. The fraction of sp³-hybridized carbons (Fsp3) is 0.789. The summed E-state index contributed by atoms with van der Waals surface area (Å²) < 4.78 is 0. The van der Waals surface area contributed by atoms with Crippen molar-refractivity contribution >= 4 is 0 Å². The van der Waals surface area contributed by atoms with Gasteiger partial charge in [0.2, 0.25) is 0 Å². The number of hydrogen-bond acceptors (Lipinski definition) is 0. The van der Waals surface area contributed by atoms with Crippen LogP contribution < -0.4 is 0 Å². The zero-order valence-electron chi connectivity index (χ0n) is 12.6. The zero-order valence-corrected chi connectivity index (χ0v) is 12.6. The van der Waals surface area contributed by atoms with E-state index in [1.165, 1.54) is 64.2 Å². The van der Waals surface area contributed by atoms with Crippen molar-refractivity contribution in [2.75, 3.05) is 0 Å². The van der Waals surface area contributed by atoms with Crippen LogP contribution in [0.2, 0.25) is 0 Å². The monoisotopic (exact) mass is 258 g/mol. The van der Waals surface area contributed by atoms with Crippen molar-refractivity contribution in [2.45, 2.75) is 71.1 Å². The van der Waals surface area contributed by atoms with E-state index in [0.717, 1.165) is 17.8 Å². The van der Waals surface area contributed by atoms with Crippen molar-refractivity contribution in [3.8, 4) is 12.3 Å². The Bertz CT molecular complexity index is 303. The Balaban J connectivity index is 1.67. The predicted molar refractivity (Wildman–Crippen MR) is 83.8 cm³/mol. The minimum absolute atomic E-state index is 0.591. The Morgan fingerprint density at radius 2 is 1.53 bits per heavy atom. The molecule has 0 N–H and O–H groups in total. The lowest BCUT2D eigenvalue weighted by Gasteiger charge is -2.37. The summed E-state index contributed by atoms with van der Waals surface area (Å²) in [4.78, 5) is 0. The number of rotatable bonds is 4. The topological polar surface area (TPSA) is 0 Å². The second-order valence-corrected chi connectivity index (χ2v) is 6.71. The maximum atomic E-state index is 5.55. The van der Waals surface area contributed by atoms with E-state index in [-0.39, 0.29) is 0 Å². The third-order valence-corrected chi connectivity index (χ3v) is 5.54. The Labute approximate surface area is 120 Å². The molecule has 0 bridgehead atoms. The molecule has 0 saturated heterocycles. The van der Waals surface area contributed by atoms with Gasteiger partial charge in [-0.1, -0.05) is 25.0 Å². The molecule has 0 aromatic heterocycles. The quantitative estimate of drug-likeness (QED) is 0.455. The zero-order chi connectivity index (χ0) is 13.5. The van der Waals surface area contributed by atoms with E-state index < -0.39 is 0 Å². The Morgan fingerprint density at radius 1 is 0.947 bits per heavy atom. The third-order valence-electron chi connectivity index (χ3n) is 5.54. The van der Waals surface area contributed by atoms with Crippen LogP contribution in [-0.2, 0) is 0 Å². The van der Waals surface area contributed by atoms with Gasteiger partial charge in [0.1, 0.15) is 0 Å². The van der Waals surface area contributed by atoms with Crippen LogP contribution in [0.4, 0.5) is 0 Å². The van der Waals surface area contributed by atoms with Crippen molar-refractivity contribution in [1.29, 1.82) is 0 Å². The van der Waals surface area contributed by atoms with Gasteiger partial charge in [0.05, 0.1) is 0 Å². The summed E-state index contributed by atoms with van der Waals surface area (Å²) >= 11 is 0. The fourth-order valence-electron chi connectivity index (χ4n) is 4.20. The van der Waals surface area contributed by atoms with Crippen LogP contribution in [0.1, 0.15) is 71.1 Å². The standard InChI is InChI=1S/C19H30/c1-3-5-6-7-17-10-14-19(15-11-17)18-12-8-16(4-2)9-13-18/h2-3,5,16-19H,6-15H2,1H3/b5-3+/t16-,17-,18-,19-. The predicted octanol–water partition coefficient (Wildman–Crippen LogP) is 5.59. The molecule has 0 nitrogen and oxygen atoms in total. The average Bonchev–Trinajstić information content (AvgIpc) is 2.48. The highest BCUT2D eigenvalue weighted by Crippen LogP contribution is 2.42. The van der Waals surface area contributed by atoms with Gasteiger partial charge >= 0.3 is 0 Å². The molecule has 2 aliphatic carbocycles. The minimum Gasteiger partial charge on any atom is -0.120 e. The van der Waals surface area contributed by atoms with Crippen LogP contribution in [0, 0.1) is 36.0 Å². The molecule has 0 amide bonds. The summed E-state index contributed by atoms with van der Waals surface area (Å²) in [7, 11) is 0. The van der Waals surface area contributed by atoms with Gasteiger partial charge in [0.15, 0.2) is 0 Å². The molecule has 0 spiro atoms. The Kier molecular flexibility index (Phi) is 6.02. The molecule has 0 aliphatic heterocycles. The normalized spacial score (nSPS) is 36.2. The number of terminal acetylenes is 1.